The van der Waals surface area contributed by atoms with Gasteiger partial charge >= 0.3 is 0 Å². The van der Waals surface area contributed by atoms with E-state index in [1.54, 1.807) is 11.1 Å². The number of nitrogens with zero attached hydrogens (tertiary/aromatic N) is 2. The minimum atomic E-state index is -0.259. The summed E-state index contributed by atoms with van der Waals surface area (Å²) < 4.78 is 0. The van der Waals surface area contributed by atoms with Crippen LogP contribution in [-0.4, -0.2) is 34.8 Å². The molecule has 0 bridgehead atoms. The normalized spacial score (nSPS) is 20.8. The first-order valence-corrected chi connectivity index (χ1v) is 9.17. The molecule has 2 amide bonds. The van der Waals surface area contributed by atoms with Crippen molar-refractivity contribution >= 4 is 11.8 Å². The van der Waals surface area contributed by atoms with Crippen molar-refractivity contribution in [3.63, 3.8) is 0 Å². The maximum Gasteiger partial charge on any atom is 0.225 e. The molecule has 2 heterocycles. The molecule has 2 aromatic rings. The van der Waals surface area contributed by atoms with Crippen LogP contribution in [0.1, 0.15) is 30.5 Å². The summed E-state index contributed by atoms with van der Waals surface area (Å²) in [6.45, 7) is 1.67. The van der Waals surface area contributed by atoms with Crippen LogP contribution in [0.3, 0.4) is 0 Å². The molecule has 1 aromatic heterocycles. The lowest BCUT2D eigenvalue weighted by Crippen LogP contribution is -2.37. The lowest BCUT2D eigenvalue weighted by molar-refractivity contribution is -0.129. The second kappa shape index (κ2) is 6.90. The van der Waals surface area contributed by atoms with Crippen LogP contribution in [0.5, 0.6) is 0 Å². The molecular weight excluding hydrogens is 326 g/mol. The second-order valence-electron chi connectivity index (χ2n) is 7.37. The van der Waals surface area contributed by atoms with Gasteiger partial charge in [-0.15, -0.1) is 0 Å². The van der Waals surface area contributed by atoms with Crippen LogP contribution in [-0.2, 0) is 21.5 Å². The predicted octanol–water partition coefficient (Wildman–Crippen LogP) is 2.28. The van der Waals surface area contributed by atoms with Gasteiger partial charge in [-0.25, -0.2) is 0 Å². The molecule has 1 aliphatic heterocycles. The van der Waals surface area contributed by atoms with Crippen molar-refractivity contribution in [2.24, 2.45) is 5.92 Å². The zero-order valence-electron chi connectivity index (χ0n) is 14.7. The number of aromatic nitrogens is 1. The molecule has 1 saturated heterocycles. The molecule has 0 spiro atoms. The smallest absolute Gasteiger partial charge is 0.225 e. The molecule has 1 N–H and O–H groups in total. The summed E-state index contributed by atoms with van der Waals surface area (Å²) in [5.41, 5.74) is 2.13. The van der Waals surface area contributed by atoms with Gasteiger partial charge in [-0.05, 0) is 30.5 Å². The van der Waals surface area contributed by atoms with E-state index in [-0.39, 0.29) is 23.1 Å². The number of likely N-dealkylation sites (tertiary alicyclic amines) is 1. The first-order valence-electron chi connectivity index (χ1n) is 9.17. The van der Waals surface area contributed by atoms with Crippen molar-refractivity contribution in [2.45, 2.75) is 31.2 Å². The largest absolute Gasteiger partial charge is 0.355 e. The van der Waals surface area contributed by atoms with Crippen molar-refractivity contribution < 1.29 is 9.59 Å². The Morgan fingerprint density at radius 1 is 1.15 bits per heavy atom. The van der Waals surface area contributed by atoms with Crippen molar-refractivity contribution in [1.29, 1.82) is 0 Å². The Morgan fingerprint density at radius 2 is 1.92 bits per heavy atom. The monoisotopic (exact) mass is 349 g/mol. The van der Waals surface area contributed by atoms with Crippen LogP contribution in [0.15, 0.2) is 54.7 Å². The molecule has 2 fully saturated rings. The number of nitrogens with one attached hydrogen (secondary N) is 1. The highest BCUT2D eigenvalue weighted by atomic mass is 16.2. The van der Waals surface area contributed by atoms with Gasteiger partial charge in [0.1, 0.15) is 0 Å². The van der Waals surface area contributed by atoms with E-state index >= 15 is 0 Å². The number of benzene rings is 1. The number of pyridine rings is 1. The van der Waals surface area contributed by atoms with Gasteiger partial charge in [0, 0.05) is 43.4 Å². The molecule has 1 aromatic carbocycles. The summed E-state index contributed by atoms with van der Waals surface area (Å²) in [5.74, 6) is -0.221. The average molecular weight is 349 g/mol. The van der Waals surface area contributed by atoms with Crippen LogP contribution in [0, 0.1) is 5.92 Å². The van der Waals surface area contributed by atoms with E-state index in [0.717, 1.165) is 24.1 Å². The molecule has 1 atom stereocenters. The van der Waals surface area contributed by atoms with E-state index in [2.05, 4.69) is 10.3 Å². The van der Waals surface area contributed by atoms with E-state index < -0.39 is 0 Å². The Hall–Kier alpha value is -2.69. The second-order valence-corrected chi connectivity index (χ2v) is 7.37. The van der Waals surface area contributed by atoms with Gasteiger partial charge in [0.25, 0.3) is 0 Å². The predicted molar refractivity (Wildman–Crippen MR) is 98.1 cm³/mol. The fraction of sp³-hybridized carbons (Fsp3) is 0.381. The van der Waals surface area contributed by atoms with Crippen LogP contribution in [0.25, 0.3) is 0 Å². The summed E-state index contributed by atoms with van der Waals surface area (Å²) in [5, 5.41) is 3.07. The Balaban J connectivity index is 1.32. The zero-order chi connectivity index (χ0) is 18.0. The fourth-order valence-corrected chi connectivity index (χ4v) is 3.66. The third kappa shape index (κ3) is 3.47. The molecule has 5 heteroatoms. The molecular formula is C21H23N3O2. The average Bonchev–Trinajstić information content (AvgIpc) is 3.39. The molecule has 0 unspecified atom stereocenters. The lowest BCUT2D eigenvalue weighted by atomic mass is 10.0. The van der Waals surface area contributed by atoms with Gasteiger partial charge in [-0.3, -0.25) is 14.6 Å². The minimum Gasteiger partial charge on any atom is -0.355 e. The summed E-state index contributed by atoms with van der Waals surface area (Å²) in [7, 11) is 0. The molecule has 4 rings (SSSR count). The van der Waals surface area contributed by atoms with Gasteiger partial charge in [0.2, 0.25) is 11.8 Å². The molecule has 1 aliphatic carbocycles. The molecule has 0 radical (unpaired) electrons. The Bertz CT molecular complexity index is 787. The Labute approximate surface area is 153 Å². The van der Waals surface area contributed by atoms with Gasteiger partial charge in [0.05, 0.1) is 5.92 Å². The van der Waals surface area contributed by atoms with Crippen LogP contribution in [0.2, 0.25) is 0 Å². The third-order valence-corrected chi connectivity index (χ3v) is 5.46. The first kappa shape index (κ1) is 16.8. The topological polar surface area (TPSA) is 62.3 Å². The third-order valence-electron chi connectivity index (χ3n) is 5.46. The number of hydrogen-bond acceptors (Lipinski definition) is 3. The number of hydrogen-bond donors (Lipinski definition) is 1. The number of carbonyl (C=O) groups is 2. The fourth-order valence-electron chi connectivity index (χ4n) is 3.66. The van der Waals surface area contributed by atoms with E-state index in [1.807, 2.05) is 48.5 Å². The highest BCUT2D eigenvalue weighted by Crippen LogP contribution is 2.46. The van der Waals surface area contributed by atoms with Crippen molar-refractivity contribution in [2.75, 3.05) is 13.1 Å². The van der Waals surface area contributed by atoms with Crippen molar-refractivity contribution in [3.8, 4) is 0 Å². The summed E-state index contributed by atoms with van der Waals surface area (Å²) in [6.07, 6.45) is 4.20. The molecule has 2 aliphatic rings. The standard InChI is InChI=1S/C21H23N3O2/c25-19-12-17(14-24(19)13-16-6-2-1-3-7-16)20(26)23-15-21(9-10-21)18-8-4-5-11-22-18/h1-8,11,17H,9-10,12-15H2,(H,23,26)/t17-/m1/s1. The van der Waals surface area contributed by atoms with Crippen LogP contribution >= 0.6 is 0 Å². The van der Waals surface area contributed by atoms with Crippen LogP contribution < -0.4 is 5.32 Å². The van der Waals surface area contributed by atoms with Crippen molar-refractivity contribution in [1.82, 2.24) is 15.2 Å². The number of carbonyl (C=O) groups excluding carboxylic acids is 2. The zero-order valence-corrected chi connectivity index (χ0v) is 14.7. The minimum absolute atomic E-state index is 0.0107. The molecule has 1 saturated carbocycles. The van der Waals surface area contributed by atoms with E-state index in [4.69, 9.17) is 0 Å². The summed E-state index contributed by atoms with van der Waals surface area (Å²) in [4.78, 5) is 31.1. The van der Waals surface area contributed by atoms with Gasteiger partial charge in [-0.1, -0.05) is 36.4 Å². The van der Waals surface area contributed by atoms with E-state index in [1.165, 1.54) is 0 Å². The number of rotatable bonds is 6. The summed E-state index contributed by atoms with van der Waals surface area (Å²) in [6, 6.07) is 15.8. The van der Waals surface area contributed by atoms with Crippen LogP contribution in [0.4, 0.5) is 0 Å². The Morgan fingerprint density at radius 3 is 2.62 bits per heavy atom. The summed E-state index contributed by atoms with van der Waals surface area (Å²) >= 11 is 0. The first-order chi connectivity index (χ1) is 12.7. The van der Waals surface area contributed by atoms with Gasteiger partial charge in [0.15, 0.2) is 0 Å². The Kier molecular flexibility index (Phi) is 4.45. The highest BCUT2D eigenvalue weighted by molar-refractivity contribution is 5.89. The van der Waals surface area contributed by atoms with Gasteiger partial charge in [-0.2, -0.15) is 0 Å². The van der Waals surface area contributed by atoms with E-state index in [9.17, 15) is 9.59 Å². The van der Waals surface area contributed by atoms with Crippen molar-refractivity contribution in [3.05, 3.63) is 66.0 Å². The highest BCUT2D eigenvalue weighted by Gasteiger charge is 2.46. The maximum absolute atomic E-state index is 12.6. The molecule has 5 nitrogen and oxygen atoms in total. The lowest BCUT2D eigenvalue weighted by Gasteiger charge is -2.18. The quantitative estimate of drug-likeness (QED) is 0.870. The van der Waals surface area contributed by atoms with Gasteiger partial charge < -0.3 is 10.2 Å². The van der Waals surface area contributed by atoms with E-state index in [0.29, 0.717) is 26.1 Å². The number of amides is 2. The maximum atomic E-state index is 12.6. The molecule has 26 heavy (non-hydrogen) atoms. The SMILES string of the molecule is O=C(NCC1(c2ccccn2)CC1)[C@@H]1CC(=O)N(Cc2ccccc2)C1. The molecule has 134 valence electrons.